The fraction of sp³-hybridized carbons (Fsp3) is 0.545. The van der Waals surface area contributed by atoms with E-state index in [2.05, 4.69) is 15.1 Å². The van der Waals surface area contributed by atoms with E-state index in [9.17, 15) is 18.0 Å². The molecule has 1 rings (SSSR count). The van der Waals surface area contributed by atoms with E-state index in [0.717, 1.165) is 0 Å². The van der Waals surface area contributed by atoms with Crippen molar-refractivity contribution in [2.75, 3.05) is 6.54 Å². The monoisotopic (exact) mass is 318 g/mol. The van der Waals surface area contributed by atoms with Crippen molar-refractivity contribution < 1.29 is 23.1 Å². The zero-order chi connectivity index (χ0) is 16.0. The first-order valence-corrected chi connectivity index (χ1v) is 7.71. The Hall–Kier alpha value is -1.94. The molecule has 10 heteroatoms. The number of aromatic nitrogens is 2. The van der Waals surface area contributed by atoms with Gasteiger partial charge in [0, 0.05) is 26.2 Å². The summed E-state index contributed by atoms with van der Waals surface area (Å²) in [5.74, 6) is -1.47. The topological polar surface area (TPSA) is 130 Å². The maximum atomic E-state index is 12.0. The van der Waals surface area contributed by atoms with Crippen LogP contribution in [0.4, 0.5) is 0 Å². The zero-order valence-electron chi connectivity index (χ0n) is 11.7. The second-order valence-electron chi connectivity index (χ2n) is 4.48. The third-order valence-corrected chi connectivity index (χ3v) is 4.08. The van der Waals surface area contributed by atoms with Gasteiger partial charge >= 0.3 is 5.97 Å². The quantitative estimate of drug-likeness (QED) is 0.531. The molecule has 21 heavy (non-hydrogen) atoms. The number of nitrogens with zero attached hydrogens (tertiary/aromatic N) is 2. The molecule has 0 aliphatic carbocycles. The largest absolute Gasteiger partial charge is 0.481 e. The van der Waals surface area contributed by atoms with Crippen molar-refractivity contribution in [2.45, 2.75) is 30.7 Å². The van der Waals surface area contributed by atoms with Gasteiger partial charge in [-0.2, -0.15) is 9.82 Å². The summed E-state index contributed by atoms with van der Waals surface area (Å²) in [6, 6.07) is -0.972. The standard InChI is InChI=1S/C11H18N4O5S/c1-8(11(18)12-5-3-4-10(16)17)14-21(19,20)9-6-13-15(2)7-9/h6-8,14H,3-5H2,1-2H3,(H,12,18)(H,16,17). The van der Waals surface area contributed by atoms with E-state index in [0.29, 0.717) is 0 Å². The number of carboxylic acids is 1. The predicted molar refractivity (Wildman–Crippen MR) is 72.9 cm³/mol. The summed E-state index contributed by atoms with van der Waals surface area (Å²) in [6.07, 6.45) is 2.72. The highest BCUT2D eigenvalue weighted by Gasteiger charge is 2.22. The van der Waals surface area contributed by atoms with Crippen molar-refractivity contribution in [3.63, 3.8) is 0 Å². The maximum absolute atomic E-state index is 12.0. The highest BCUT2D eigenvalue weighted by Crippen LogP contribution is 2.06. The molecule has 0 aliphatic heterocycles. The number of aryl methyl sites for hydroxylation is 1. The Bertz CT molecular complexity index is 610. The Morgan fingerprint density at radius 1 is 1.48 bits per heavy atom. The van der Waals surface area contributed by atoms with Crippen LogP contribution in [0.1, 0.15) is 19.8 Å². The summed E-state index contributed by atoms with van der Waals surface area (Å²) < 4.78 is 27.5. The minimum absolute atomic E-state index is 0.0319. The van der Waals surface area contributed by atoms with Crippen molar-refractivity contribution >= 4 is 21.9 Å². The molecule has 1 unspecified atom stereocenters. The Balaban J connectivity index is 2.50. The maximum Gasteiger partial charge on any atom is 0.303 e. The summed E-state index contributed by atoms with van der Waals surface area (Å²) in [5.41, 5.74) is 0. The van der Waals surface area contributed by atoms with E-state index in [4.69, 9.17) is 5.11 Å². The van der Waals surface area contributed by atoms with E-state index in [1.54, 1.807) is 7.05 Å². The van der Waals surface area contributed by atoms with Crippen molar-refractivity contribution in [1.82, 2.24) is 19.8 Å². The lowest BCUT2D eigenvalue weighted by Gasteiger charge is -2.13. The van der Waals surface area contributed by atoms with Crippen molar-refractivity contribution in [1.29, 1.82) is 0 Å². The van der Waals surface area contributed by atoms with Crippen LogP contribution in [-0.4, -0.2) is 47.8 Å². The minimum Gasteiger partial charge on any atom is -0.481 e. The third kappa shape index (κ3) is 5.52. The third-order valence-electron chi connectivity index (χ3n) is 2.58. The van der Waals surface area contributed by atoms with Gasteiger partial charge in [-0.05, 0) is 13.3 Å². The van der Waals surface area contributed by atoms with Gasteiger partial charge in [-0.3, -0.25) is 14.3 Å². The number of hydrogen-bond acceptors (Lipinski definition) is 5. The van der Waals surface area contributed by atoms with Crippen molar-refractivity contribution in [3.05, 3.63) is 12.4 Å². The number of aliphatic carboxylic acids is 1. The normalized spacial score (nSPS) is 12.9. The summed E-state index contributed by atoms with van der Waals surface area (Å²) in [6.45, 7) is 1.57. The zero-order valence-corrected chi connectivity index (χ0v) is 12.6. The highest BCUT2D eigenvalue weighted by molar-refractivity contribution is 7.89. The van der Waals surface area contributed by atoms with Gasteiger partial charge in [-0.25, -0.2) is 8.42 Å². The molecule has 1 atom stereocenters. The molecular weight excluding hydrogens is 300 g/mol. The van der Waals surface area contributed by atoms with Gasteiger partial charge in [-0.1, -0.05) is 0 Å². The molecule has 0 aliphatic rings. The lowest BCUT2D eigenvalue weighted by atomic mass is 10.3. The lowest BCUT2D eigenvalue weighted by molar-refractivity contribution is -0.137. The Labute approximate surface area is 122 Å². The van der Waals surface area contributed by atoms with Crippen LogP contribution in [0.3, 0.4) is 0 Å². The van der Waals surface area contributed by atoms with Gasteiger partial charge in [0.2, 0.25) is 15.9 Å². The molecule has 1 aromatic heterocycles. The number of amides is 1. The van der Waals surface area contributed by atoms with Crippen molar-refractivity contribution in [3.8, 4) is 0 Å². The molecule has 1 amide bonds. The number of carbonyl (C=O) groups is 2. The van der Waals surface area contributed by atoms with Crippen LogP contribution in [0, 0.1) is 0 Å². The minimum atomic E-state index is -3.82. The molecule has 0 saturated carbocycles. The lowest BCUT2D eigenvalue weighted by Crippen LogP contribution is -2.44. The summed E-state index contributed by atoms with van der Waals surface area (Å²) >= 11 is 0. The molecule has 9 nitrogen and oxygen atoms in total. The molecule has 3 N–H and O–H groups in total. The Kier molecular flexibility index (Phi) is 5.85. The van der Waals surface area contributed by atoms with E-state index in [1.807, 2.05) is 0 Å². The van der Waals surface area contributed by atoms with E-state index < -0.39 is 27.9 Å². The predicted octanol–water partition coefficient (Wildman–Crippen LogP) is -0.932. The number of hydrogen-bond donors (Lipinski definition) is 3. The first-order valence-electron chi connectivity index (χ1n) is 6.23. The fourth-order valence-electron chi connectivity index (χ4n) is 1.50. The Morgan fingerprint density at radius 2 is 2.14 bits per heavy atom. The van der Waals surface area contributed by atoms with Gasteiger partial charge in [0.15, 0.2) is 0 Å². The molecule has 0 radical (unpaired) electrons. The highest BCUT2D eigenvalue weighted by atomic mass is 32.2. The molecular formula is C11H18N4O5S. The first kappa shape index (κ1) is 17.1. The Morgan fingerprint density at radius 3 is 2.67 bits per heavy atom. The smallest absolute Gasteiger partial charge is 0.303 e. The summed E-state index contributed by atoms with van der Waals surface area (Å²) in [5, 5.41) is 14.7. The van der Waals surface area contributed by atoms with Gasteiger partial charge in [-0.15, -0.1) is 0 Å². The second-order valence-corrected chi connectivity index (χ2v) is 6.19. The number of rotatable bonds is 8. The van der Waals surface area contributed by atoms with E-state index >= 15 is 0 Å². The molecule has 0 fully saturated rings. The van der Waals surface area contributed by atoms with Crippen LogP contribution in [0.2, 0.25) is 0 Å². The van der Waals surface area contributed by atoms with Gasteiger partial charge in [0.25, 0.3) is 0 Å². The van der Waals surface area contributed by atoms with Gasteiger partial charge < -0.3 is 10.4 Å². The van der Waals surface area contributed by atoms with E-state index in [1.165, 1.54) is 24.0 Å². The summed E-state index contributed by atoms with van der Waals surface area (Å²) in [7, 11) is -2.24. The molecule has 1 aromatic rings. The fourth-order valence-corrected chi connectivity index (χ4v) is 2.68. The molecule has 0 saturated heterocycles. The number of carboxylic acid groups (broad SMARTS) is 1. The average molecular weight is 318 g/mol. The number of nitrogens with one attached hydrogen (secondary N) is 2. The molecule has 118 valence electrons. The van der Waals surface area contributed by atoms with Crippen LogP contribution in [0.15, 0.2) is 17.3 Å². The van der Waals surface area contributed by atoms with Crippen LogP contribution in [0.5, 0.6) is 0 Å². The number of carbonyl (C=O) groups excluding carboxylic acids is 1. The van der Waals surface area contributed by atoms with Crippen LogP contribution in [-0.2, 0) is 26.7 Å². The van der Waals surface area contributed by atoms with Gasteiger partial charge in [0.1, 0.15) is 4.90 Å². The van der Waals surface area contributed by atoms with Gasteiger partial charge in [0.05, 0.1) is 12.2 Å². The summed E-state index contributed by atoms with van der Waals surface area (Å²) in [4.78, 5) is 22.0. The van der Waals surface area contributed by atoms with Crippen LogP contribution in [0.25, 0.3) is 0 Å². The van der Waals surface area contributed by atoms with Crippen LogP contribution >= 0.6 is 0 Å². The number of sulfonamides is 1. The first-order chi connectivity index (χ1) is 9.72. The SMILES string of the molecule is CC(NS(=O)(=O)c1cnn(C)c1)C(=O)NCCCC(=O)O. The average Bonchev–Trinajstić information content (AvgIpc) is 2.81. The molecule has 0 spiro atoms. The van der Waals surface area contributed by atoms with E-state index in [-0.39, 0.29) is 24.3 Å². The molecule has 0 bridgehead atoms. The molecule has 0 aromatic carbocycles. The van der Waals surface area contributed by atoms with Crippen molar-refractivity contribution in [2.24, 2.45) is 7.05 Å². The van der Waals surface area contributed by atoms with Crippen LogP contribution < -0.4 is 10.0 Å². The molecule has 1 heterocycles. The second kappa shape index (κ2) is 7.18.